The molecule has 104 valence electrons. The highest BCUT2D eigenvalue weighted by molar-refractivity contribution is 5.48. The third kappa shape index (κ3) is 3.17. The molecule has 0 saturated heterocycles. The maximum absolute atomic E-state index is 10.8. The molecular formula is C14H14N2O4. The van der Waals surface area contributed by atoms with E-state index in [4.69, 9.17) is 15.2 Å². The Morgan fingerprint density at radius 2 is 2.00 bits per heavy atom. The third-order valence-corrected chi connectivity index (χ3v) is 2.70. The lowest BCUT2D eigenvalue weighted by Crippen LogP contribution is -1.99. The molecule has 2 aromatic rings. The first-order chi connectivity index (χ1) is 9.60. The van der Waals surface area contributed by atoms with Crippen LogP contribution in [-0.2, 0) is 6.61 Å². The average molecular weight is 274 g/mol. The Kier molecular flexibility index (Phi) is 4.05. The van der Waals surface area contributed by atoms with Crippen LogP contribution >= 0.6 is 0 Å². The van der Waals surface area contributed by atoms with Crippen LogP contribution in [0.1, 0.15) is 5.56 Å². The van der Waals surface area contributed by atoms with E-state index in [-0.39, 0.29) is 12.3 Å². The lowest BCUT2D eigenvalue weighted by molar-refractivity contribution is -0.385. The maximum atomic E-state index is 10.8. The van der Waals surface area contributed by atoms with Gasteiger partial charge in [0.1, 0.15) is 6.61 Å². The Bertz CT molecular complexity index is 628. The van der Waals surface area contributed by atoms with Gasteiger partial charge in [0, 0.05) is 11.8 Å². The van der Waals surface area contributed by atoms with Crippen molar-refractivity contribution in [3.05, 3.63) is 58.1 Å². The third-order valence-electron chi connectivity index (χ3n) is 2.70. The Morgan fingerprint density at radius 3 is 2.65 bits per heavy atom. The number of nitro benzene ring substituents is 1. The van der Waals surface area contributed by atoms with Gasteiger partial charge in [-0.3, -0.25) is 10.1 Å². The monoisotopic (exact) mass is 274 g/mol. The molecule has 20 heavy (non-hydrogen) atoms. The number of non-ortho nitro benzene ring substituents is 1. The van der Waals surface area contributed by atoms with Crippen molar-refractivity contribution < 1.29 is 14.4 Å². The van der Waals surface area contributed by atoms with Gasteiger partial charge >= 0.3 is 0 Å². The summed E-state index contributed by atoms with van der Waals surface area (Å²) in [6.45, 7) is 0.253. The molecule has 0 saturated carbocycles. The normalized spacial score (nSPS) is 10.1. The molecule has 0 aliphatic carbocycles. The summed E-state index contributed by atoms with van der Waals surface area (Å²) in [5, 5.41) is 10.8. The number of methoxy groups -OCH3 is 1. The highest BCUT2D eigenvalue weighted by Crippen LogP contribution is 2.31. The Balaban J connectivity index is 2.19. The van der Waals surface area contributed by atoms with Crippen molar-refractivity contribution in [2.75, 3.05) is 12.8 Å². The molecule has 0 spiro atoms. The number of ether oxygens (including phenoxy) is 2. The predicted octanol–water partition coefficient (Wildman–Crippen LogP) is 2.76. The molecule has 0 aliphatic heterocycles. The summed E-state index contributed by atoms with van der Waals surface area (Å²) in [5.74, 6) is 0.767. The topological polar surface area (TPSA) is 87.6 Å². The quantitative estimate of drug-likeness (QED) is 0.514. The molecule has 6 heteroatoms. The molecule has 0 aliphatic rings. The van der Waals surface area contributed by atoms with Crippen LogP contribution in [0.5, 0.6) is 11.5 Å². The van der Waals surface area contributed by atoms with Gasteiger partial charge in [-0.15, -0.1) is 0 Å². The van der Waals surface area contributed by atoms with Crippen LogP contribution in [0.3, 0.4) is 0 Å². The van der Waals surface area contributed by atoms with Gasteiger partial charge in [-0.05, 0) is 23.8 Å². The molecule has 2 N–H and O–H groups in total. The minimum Gasteiger partial charge on any atom is -0.493 e. The molecule has 2 aromatic carbocycles. The number of hydrogen-bond acceptors (Lipinski definition) is 5. The van der Waals surface area contributed by atoms with Crippen molar-refractivity contribution in [1.82, 2.24) is 0 Å². The summed E-state index contributed by atoms with van der Waals surface area (Å²) in [7, 11) is 1.48. The number of benzene rings is 2. The van der Waals surface area contributed by atoms with E-state index < -0.39 is 4.92 Å². The van der Waals surface area contributed by atoms with E-state index >= 15 is 0 Å². The minimum atomic E-state index is -0.479. The van der Waals surface area contributed by atoms with Crippen LogP contribution in [0.15, 0.2) is 42.5 Å². The second kappa shape index (κ2) is 5.92. The van der Waals surface area contributed by atoms with E-state index in [0.29, 0.717) is 17.2 Å². The first kappa shape index (κ1) is 13.7. The highest BCUT2D eigenvalue weighted by atomic mass is 16.6. The molecule has 0 amide bonds. The summed E-state index contributed by atoms with van der Waals surface area (Å²) in [5.41, 5.74) is 7.14. The number of nitro groups is 1. The van der Waals surface area contributed by atoms with E-state index in [9.17, 15) is 10.1 Å². The van der Waals surface area contributed by atoms with Crippen LogP contribution in [-0.4, -0.2) is 12.0 Å². The van der Waals surface area contributed by atoms with E-state index in [1.807, 2.05) is 12.1 Å². The number of nitrogens with two attached hydrogens (primary N) is 1. The smallest absolute Gasteiger partial charge is 0.273 e. The van der Waals surface area contributed by atoms with Gasteiger partial charge in [0.2, 0.25) is 0 Å². The molecule has 0 fully saturated rings. The number of hydrogen-bond donors (Lipinski definition) is 1. The van der Waals surface area contributed by atoms with Gasteiger partial charge in [0.15, 0.2) is 11.5 Å². The summed E-state index contributed by atoms with van der Waals surface area (Å²) in [4.78, 5) is 10.3. The van der Waals surface area contributed by atoms with Gasteiger partial charge in [0.25, 0.3) is 5.69 Å². The van der Waals surface area contributed by atoms with Gasteiger partial charge in [-0.1, -0.05) is 12.1 Å². The molecule has 0 atom stereocenters. The van der Waals surface area contributed by atoms with Crippen molar-refractivity contribution in [1.29, 1.82) is 0 Å². The molecular weight excluding hydrogens is 260 g/mol. The Hall–Kier alpha value is -2.76. The first-order valence-electron chi connectivity index (χ1n) is 5.90. The maximum Gasteiger partial charge on any atom is 0.273 e. The summed E-state index contributed by atoms with van der Waals surface area (Å²) < 4.78 is 10.7. The fourth-order valence-corrected chi connectivity index (χ4v) is 1.74. The largest absolute Gasteiger partial charge is 0.493 e. The molecule has 2 rings (SSSR count). The van der Waals surface area contributed by atoms with Gasteiger partial charge < -0.3 is 15.2 Å². The number of nitrogen functional groups attached to an aromatic ring is 1. The van der Waals surface area contributed by atoms with Crippen molar-refractivity contribution >= 4 is 11.4 Å². The van der Waals surface area contributed by atoms with Gasteiger partial charge in [-0.2, -0.15) is 0 Å². The second-order valence-corrected chi connectivity index (χ2v) is 4.13. The SMILES string of the molecule is COc1ccc([N+](=O)[O-])cc1OCc1cccc(N)c1. The van der Waals surface area contributed by atoms with E-state index in [2.05, 4.69) is 0 Å². The predicted molar refractivity (Wildman–Crippen MR) is 74.8 cm³/mol. The molecule has 0 bridgehead atoms. The zero-order valence-corrected chi connectivity index (χ0v) is 10.9. The first-order valence-corrected chi connectivity index (χ1v) is 5.90. The number of rotatable bonds is 5. The van der Waals surface area contributed by atoms with Crippen LogP contribution in [0.25, 0.3) is 0 Å². The van der Waals surface area contributed by atoms with Crippen molar-refractivity contribution in [2.45, 2.75) is 6.61 Å². The van der Waals surface area contributed by atoms with Crippen LogP contribution in [0.4, 0.5) is 11.4 Å². The fraction of sp³-hybridized carbons (Fsp3) is 0.143. The Morgan fingerprint density at radius 1 is 1.20 bits per heavy atom. The van der Waals surface area contributed by atoms with Crippen molar-refractivity contribution in [2.24, 2.45) is 0 Å². The summed E-state index contributed by atoms with van der Waals surface area (Å²) in [6.07, 6.45) is 0. The highest BCUT2D eigenvalue weighted by Gasteiger charge is 2.12. The van der Waals surface area contributed by atoms with Gasteiger partial charge in [0.05, 0.1) is 18.1 Å². The zero-order valence-electron chi connectivity index (χ0n) is 10.9. The molecule has 6 nitrogen and oxygen atoms in total. The second-order valence-electron chi connectivity index (χ2n) is 4.13. The molecule has 0 radical (unpaired) electrons. The fourth-order valence-electron chi connectivity index (χ4n) is 1.74. The minimum absolute atomic E-state index is 0.0478. The van der Waals surface area contributed by atoms with Gasteiger partial charge in [-0.25, -0.2) is 0 Å². The summed E-state index contributed by atoms with van der Waals surface area (Å²) >= 11 is 0. The molecule has 0 unspecified atom stereocenters. The number of anilines is 1. The van der Waals surface area contributed by atoms with E-state index in [1.165, 1.54) is 25.3 Å². The van der Waals surface area contributed by atoms with Crippen LogP contribution < -0.4 is 15.2 Å². The van der Waals surface area contributed by atoms with Crippen molar-refractivity contribution in [3.8, 4) is 11.5 Å². The van der Waals surface area contributed by atoms with E-state index in [1.54, 1.807) is 12.1 Å². The standard InChI is InChI=1S/C14H14N2O4/c1-19-13-6-5-12(16(17)18)8-14(13)20-9-10-3-2-4-11(15)7-10/h2-8H,9,15H2,1H3. The average Bonchev–Trinajstić information content (AvgIpc) is 2.44. The lowest BCUT2D eigenvalue weighted by Gasteiger charge is -2.10. The number of nitrogens with zero attached hydrogens (tertiary/aromatic N) is 1. The molecule has 0 heterocycles. The Labute approximate surface area is 115 Å². The van der Waals surface area contributed by atoms with Crippen LogP contribution in [0.2, 0.25) is 0 Å². The molecule has 0 aromatic heterocycles. The zero-order chi connectivity index (χ0) is 14.5. The lowest BCUT2D eigenvalue weighted by atomic mass is 10.2. The van der Waals surface area contributed by atoms with E-state index in [0.717, 1.165) is 5.56 Å². The van der Waals surface area contributed by atoms with Crippen molar-refractivity contribution in [3.63, 3.8) is 0 Å². The van der Waals surface area contributed by atoms with Crippen LogP contribution in [0, 0.1) is 10.1 Å². The summed E-state index contributed by atoms with van der Waals surface area (Å²) in [6, 6.07) is 11.4.